The highest BCUT2D eigenvalue weighted by Gasteiger charge is 1.80. The minimum atomic E-state index is -0.833. The van der Waals surface area contributed by atoms with E-state index in [9.17, 15) is 0 Å². The van der Waals surface area contributed by atoms with Crippen molar-refractivity contribution in [3.8, 4) is 0 Å². The average Bonchev–Trinajstić information content (AvgIpc) is 2.26. The monoisotopic (exact) mass is 242 g/mol. The second-order valence-corrected chi connectivity index (χ2v) is 3.74. The first-order chi connectivity index (χ1) is 8.15. The molecule has 0 radical (unpaired) electrons. The van der Waals surface area contributed by atoms with Crippen molar-refractivity contribution in [3.05, 3.63) is 24.3 Å². The van der Waals surface area contributed by atoms with Gasteiger partial charge in [0, 0.05) is 13.5 Å². The first kappa shape index (κ1) is 18.3. The van der Waals surface area contributed by atoms with Gasteiger partial charge in [-0.25, -0.2) is 0 Å². The van der Waals surface area contributed by atoms with Crippen molar-refractivity contribution >= 4 is 5.97 Å². The summed E-state index contributed by atoms with van der Waals surface area (Å²) in [5.74, 6) is -0.833. The molecule has 100 valence electrons. The van der Waals surface area contributed by atoms with Gasteiger partial charge in [0.05, 0.1) is 0 Å². The van der Waals surface area contributed by atoms with Crippen LogP contribution < -0.4 is 0 Å². The Morgan fingerprint density at radius 3 is 1.94 bits per heavy atom. The Hall–Kier alpha value is -1.09. The number of aliphatic hydroxyl groups excluding tert-OH is 1. The maximum Gasteiger partial charge on any atom is 0.300 e. The molecule has 0 aliphatic rings. The number of aliphatic hydroxyl groups is 1. The molecule has 0 saturated carbocycles. The highest BCUT2D eigenvalue weighted by Crippen LogP contribution is 1.97. The van der Waals surface area contributed by atoms with E-state index in [1.165, 1.54) is 19.3 Å². The number of carbonyl (C=O) groups is 1. The van der Waals surface area contributed by atoms with Crippen LogP contribution in [0.1, 0.15) is 52.4 Å². The minimum Gasteiger partial charge on any atom is -0.481 e. The van der Waals surface area contributed by atoms with Crippen LogP contribution in [0.4, 0.5) is 0 Å². The van der Waals surface area contributed by atoms with Crippen LogP contribution in [0.15, 0.2) is 24.3 Å². The molecule has 0 aromatic rings. The first-order valence-electron chi connectivity index (χ1n) is 6.27. The number of hydrogen-bond donors (Lipinski definition) is 2. The Kier molecular flexibility index (Phi) is 18.6. The number of carboxylic acids is 1. The van der Waals surface area contributed by atoms with Gasteiger partial charge in [0.2, 0.25) is 0 Å². The third-order valence-electron chi connectivity index (χ3n) is 1.89. The summed E-state index contributed by atoms with van der Waals surface area (Å²) >= 11 is 0. The molecule has 0 aromatic carbocycles. The van der Waals surface area contributed by atoms with Crippen molar-refractivity contribution in [1.82, 2.24) is 0 Å². The van der Waals surface area contributed by atoms with E-state index >= 15 is 0 Å². The van der Waals surface area contributed by atoms with Gasteiger partial charge in [-0.1, -0.05) is 44.1 Å². The van der Waals surface area contributed by atoms with Crippen molar-refractivity contribution in [1.29, 1.82) is 0 Å². The van der Waals surface area contributed by atoms with Crippen LogP contribution in [-0.2, 0) is 4.79 Å². The van der Waals surface area contributed by atoms with Crippen LogP contribution in [-0.4, -0.2) is 22.8 Å². The molecule has 3 heteroatoms. The lowest BCUT2D eigenvalue weighted by molar-refractivity contribution is -0.134. The zero-order chi connectivity index (χ0) is 13.4. The molecule has 0 unspecified atom stereocenters. The SMILES string of the molecule is CC(=O)O.CCCCC=CC=CCCCCO. The maximum atomic E-state index is 9.00. The molecule has 0 saturated heterocycles. The van der Waals surface area contributed by atoms with Crippen LogP contribution in [0.2, 0.25) is 0 Å². The molecule has 0 rings (SSSR count). The predicted molar refractivity (Wildman–Crippen MR) is 72.1 cm³/mol. The van der Waals surface area contributed by atoms with Gasteiger partial charge in [-0.15, -0.1) is 0 Å². The summed E-state index contributed by atoms with van der Waals surface area (Å²) < 4.78 is 0. The van der Waals surface area contributed by atoms with Gasteiger partial charge in [-0.3, -0.25) is 4.79 Å². The summed E-state index contributed by atoms with van der Waals surface area (Å²) in [5, 5.41) is 15.9. The summed E-state index contributed by atoms with van der Waals surface area (Å²) in [7, 11) is 0. The Balaban J connectivity index is 0. The topological polar surface area (TPSA) is 57.5 Å². The molecule has 17 heavy (non-hydrogen) atoms. The van der Waals surface area contributed by atoms with Crippen molar-refractivity contribution in [3.63, 3.8) is 0 Å². The van der Waals surface area contributed by atoms with Crippen molar-refractivity contribution < 1.29 is 15.0 Å². The molecule has 2 N–H and O–H groups in total. The molecular formula is C14H26O3. The maximum absolute atomic E-state index is 9.00. The Labute approximate surface area is 105 Å². The van der Waals surface area contributed by atoms with Crippen molar-refractivity contribution in [2.24, 2.45) is 0 Å². The lowest BCUT2D eigenvalue weighted by Crippen LogP contribution is -1.79. The average molecular weight is 242 g/mol. The molecule has 0 amide bonds. The molecular weight excluding hydrogens is 216 g/mol. The fraction of sp³-hybridized carbons (Fsp3) is 0.643. The van der Waals surface area contributed by atoms with E-state index in [-0.39, 0.29) is 0 Å². The molecule has 0 aliphatic heterocycles. The van der Waals surface area contributed by atoms with Crippen LogP contribution in [0.5, 0.6) is 0 Å². The van der Waals surface area contributed by atoms with E-state index in [0.29, 0.717) is 6.61 Å². The zero-order valence-corrected chi connectivity index (χ0v) is 11.1. The molecule has 0 aromatic heterocycles. The van der Waals surface area contributed by atoms with Gasteiger partial charge < -0.3 is 10.2 Å². The quantitative estimate of drug-likeness (QED) is 0.505. The molecule has 0 aliphatic carbocycles. The van der Waals surface area contributed by atoms with Crippen LogP contribution in [0, 0.1) is 0 Å². The summed E-state index contributed by atoms with van der Waals surface area (Å²) in [6, 6.07) is 0. The zero-order valence-electron chi connectivity index (χ0n) is 11.1. The van der Waals surface area contributed by atoms with E-state index in [0.717, 1.165) is 26.2 Å². The summed E-state index contributed by atoms with van der Waals surface area (Å²) in [4.78, 5) is 9.00. The number of unbranched alkanes of at least 4 members (excludes halogenated alkanes) is 4. The fourth-order valence-corrected chi connectivity index (χ4v) is 1.05. The van der Waals surface area contributed by atoms with Crippen LogP contribution >= 0.6 is 0 Å². The highest BCUT2D eigenvalue weighted by molar-refractivity contribution is 5.62. The highest BCUT2D eigenvalue weighted by atomic mass is 16.4. The fourth-order valence-electron chi connectivity index (χ4n) is 1.05. The second-order valence-electron chi connectivity index (χ2n) is 3.74. The summed E-state index contributed by atoms with van der Waals surface area (Å²) in [6.07, 6.45) is 15.4. The van der Waals surface area contributed by atoms with Gasteiger partial charge in [-0.2, -0.15) is 0 Å². The van der Waals surface area contributed by atoms with E-state index in [2.05, 4.69) is 31.2 Å². The molecule has 0 bridgehead atoms. The van der Waals surface area contributed by atoms with Gasteiger partial charge in [0.25, 0.3) is 5.97 Å². The summed E-state index contributed by atoms with van der Waals surface area (Å²) in [5.41, 5.74) is 0. The third kappa shape index (κ3) is 31.3. The van der Waals surface area contributed by atoms with Gasteiger partial charge in [0.15, 0.2) is 0 Å². The smallest absolute Gasteiger partial charge is 0.300 e. The Bertz CT molecular complexity index is 204. The van der Waals surface area contributed by atoms with Crippen LogP contribution in [0.3, 0.4) is 0 Å². The largest absolute Gasteiger partial charge is 0.481 e. The van der Waals surface area contributed by atoms with Crippen molar-refractivity contribution in [2.45, 2.75) is 52.4 Å². The van der Waals surface area contributed by atoms with Crippen LogP contribution in [0.25, 0.3) is 0 Å². The minimum absolute atomic E-state index is 0.320. The van der Waals surface area contributed by atoms with E-state index < -0.39 is 5.97 Å². The van der Waals surface area contributed by atoms with E-state index in [4.69, 9.17) is 15.0 Å². The molecule has 0 fully saturated rings. The number of aliphatic carboxylic acids is 1. The van der Waals surface area contributed by atoms with Gasteiger partial charge >= 0.3 is 0 Å². The number of rotatable bonds is 8. The van der Waals surface area contributed by atoms with E-state index in [1.807, 2.05) is 0 Å². The number of allylic oxidation sites excluding steroid dienone is 4. The summed E-state index contributed by atoms with van der Waals surface area (Å²) in [6.45, 7) is 3.61. The Morgan fingerprint density at radius 2 is 1.53 bits per heavy atom. The standard InChI is InChI=1S/C12H22O.C2H4O2/c1-2-3-4-5-6-7-8-9-10-11-12-13;1-2(3)4/h5-8,13H,2-4,9-12H2,1H3;1H3,(H,3,4). The predicted octanol–water partition coefficient (Wildman–Crippen LogP) is 3.54. The van der Waals surface area contributed by atoms with Crippen molar-refractivity contribution in [2.75, 3.05) is 6.61 Å². The Morgan fingerprint density at radius 1 is 1.06 bits per heavy atom. The number of hydrogen-bond acceptors (Lipinski definition) is 2. The molecule has 0 atom stereocenters. The first-order valence-corrected chi connectivity index (χ1v) is 6.27. The lowest BCUT2D eigenvalue weighted by atomic mass is 10.2. The van der Waals surface area contributed by atoms with E-state index in [1.54, 1.807) is 0 Å². The molecule has 3 nitrogen and oxygen atoms in total. The lowest BCUT2D eigenvalue weighted by Gasteiger charge is -1.89. The van der Waals surface area contributed by atoms with Gasteiger partial charge in [-0.05, 0) is 25.7 Å². The molecule has 0 spiro atoms. The molecule has 0 heterocycles. The number of carboxylic acid groups (broad SMARTS) is 1. The third-order valence-corrected chi connectivity index (χ3v) is 1.89. The van der Waals surface area contributed by atoms with Gasteiger partial charge in [0.1, 0.15) is 0 Å². The second kappa shape index (κ2) is 17.3. The normalized spacial score (nSPS) is 10.5.